The average molecular weight is 249 g/mol. The molecule has 18 heavy (non-hydrogen) atoms. The van der Waals surface area contributed by atoms with E-state index in [1.54, 1.807) is 0 Å². The highest BCUT2D eigenvalue weighted by Gasteiger charge is 2.15. The van der Waals surface area contributed by atoms with Gasteiger partial charge in [-0.05, 0) is 37.8 Å². The Morgan fingerprint density at radius 1 is 1.33 bits per heavy atom. The summed E-state index contributed by atoms with van der Waals surface area (Å²) in [5.41, 5.74) is 2.55. The average Bonchev–Trinajstić information content (AvgIpc) is 2.38. The van der Waals surface area contributed by atoms with Gasteiger partial charge in [0.2, 0.25) is 0 Å². The normalized spacial score (nSPS) is 12.2. The predicted molar refractivity (Wildman–Crippen MR) is 72.9 cm³/mol. The van der Waals surface area contributed by atoms with Crippen LogP contribution in [0.2, 0.25) is 0 Å². The number of esters is 1. The van der Waals surface area contributed by atoms with Gasteiger partial charge in [0, 0.05) is 5.69 Å². The van der Waals surface area contributed by atoms with Crippen LogP contribution in [-0.2, 0) is 11.2 Å². The molecule has 1 aromatic rings. The Hall–Kier alpha value is -1.38. The Morgan fingerprint density at radius 2 is 2.06 bits per heavy atom. The zero-order valence-electron chi connectivity index (χ0n) is 11.8. The van der Waals surface area contributed by atoms with Gasteiger partial charge in [-0.1, -0.05) is 27.2 Å². The number of pyridine rings is 1. The number of rotatable bonds is 6. The summed E-state index contributed by atoms with van der Waals surface area (Å²) >= 11 is 0. The zero-order chi connectivity index (χ0) is 13.5. The summed E-state index contributed by atoms with van der Waals surface area (Å²) in [6.07, 6.45) is 2.85. The molecule has 1 unspecified atom stereocenters. The summed E-state index contributed by atoms with van der Waals surface area (Å²) in [6.45, 7) is 8.61. The Labute approximate surface area is 110 Å². The minimum atomic E-state index is -0.260. The number of carbonyl (C=O) groups excluding carboxylic acids is 1. The number of hydrogen-bond acceptors (Lipinski definition) is 3. The van der Waals surface area contributed by atoms with E-state index in [1.165, 1.54) is 0 Å². The first kappa shape index (κ1) is 14.7. The molecular formula is C15H23NO2. The van der Waals surface area contributed by atoms with Gasteiger partial charge < -0.3 is 4.74 Å². The van der Waals surface area contributed by atoms with Crippen molar-refractivity contribution in [1.82, 2.24) is 4.98 Å². The van der Waals surface area contributed by atoms with Crippen LogP contribution < -0.4 is 0 Å². The molecule has 0 saturated carbocycles. The fourth-order valence-electron chi connectivity index (χ4n) is 1.82. The second-order valence-electron chi connectivity index (χ2n) is 4.51. The van der Waals surface area contributed by atoms with E-state index in [1.807, 2.05) is 19.1 Å². The van der Waals surface area contributed by atoms with Gasteiger partial charge in [-0.3, -0.25) is 4.98 Å². The highest BCUT2D eigenvalue weighted by Crippen LogP contribution is 2.20. The fraction of sp³-hybridized carbons (Fsp3) is 0.600. The zero-order valence-corrected chi connectivity index (χ0v) is 11.8. The highest BCUT2D eigenvalue weighted by atomic mass is 16.5. The summed E-state index contributed by atoms with van der Waals surface area (Å²) in [5, 5.41) is 0. The molecule has 1 aromatic heterocycles. The molecule has 3 nitrogen and oxygen atoms in total. The number of aryl methyl sites for hydroxylation is 1. The fourth-order valence-corrected chi connectivity index (χ4v) is 1.82. The third-order valence-corrected chi connectivity index (χ3v) is 3.10. The molecule has 1 heterocycles. The van der Waals surface area contributed by atoms with E-state index < -0.39 is 0 Å². The SMILES string of the molecule is CCCc1nc(C(C)CC)ccc1C(=O)OCC. The summed E-state index contributed by atoms with van der Waals surface area (Å²) in [5.74, 6) is 0.168. The minimum Gasteiger partial charge on any atom is -0.462 e. The van der Waals surface area contributed by atoms with Crippen molar-refractivity contribution in [2.45, 2.75) is 52.9 Å². The van der Waals surface area contributed by atoms with Gasteiger partial charge in [0.15, 0.2) is 0 Å². The van der Waals surface area contributed by atoms with Crippen LogP contribution in [0.25, 0.3) is 0 Å². The second-order valence-corrected chi connectivity index (χ2v) is 4.51. The number of nitrogens with zero attached hydrogens (tertiary/aromatic N) is 1. The molecular weight excluding hydrogens is 226 g/mol. The second kappa shape index (κ2) is 7.14. The lowest BCUT2D eigenvalue weighted by Crippen LogP contribution is -2.11. The number of hydrogen-bond donors (Lipinski definition) is 0. The molecule has 1 atom stereocenters. The van der Waals surface area contributed by atoms with E-state index in [9.17, 15) is 4.79 Å². The Balaban J connectivity index is 3.07. The summed E-state index contributed by atoms with van der Waals surface area (Å²) in [7, 11) is 0. The van der Waals surface area contributed by atoms with E-state index in [-0.39, 0.29) is 5.97 Å². The molecule has 3 heteroatoms. The van der Waals surface area contributed by atoms with Crippen molar-refractivity contribution in [2.75, 3.05) is 6.61 Å². The van der Waals surface area contributed by atoms with Gasteiger partial charge in [0.25, 0.3) is 0 Å². The smallest absolute Gasteiger partial charge is 0.339 e. The maximum Gasteiger partial charge on any atom is 0.339 e. The first-order valence-electron chi connectivity index (χ1n) is 6.80. The molecule has 0 aliphatic rings. The third kappa shape index (κ3) is 3.56. The van der Waals surface area contributed by atoms with Crippen molar-refractivity contribution in [3.8, 4) is 0 Å². The molecule has 0 bridgehead atoms. The first-order valence-corrected chi connectivity index (χ1v) is 6.80. The van der Waals surface area contributed by atoms with E-state index >= 15 is 0 Å². The van der Waals surface area contributed by atoms with Crippen LogP contribution in [0.5, 0.6) is 0 Å². The highest BCUT2D eigenvalue weighted by molar-refractivity contribution is 5.90. The van der Waals surface area contributed by atoms with Crippen LogP contribution >= 0.6 is 0 Å². The number of aromatic nitrogens is 1. The van der Waals surface area contributed by atoms with Crippen molar-refractivity contribution < 1.29 is 9.53 Å². The van der Waals surface area contributed by atoms with Gasteiger partial charge in [0.1, 0.15) is 0 Å². The molecule has 0 aliphatic heterocycles. The largest absolute Gasteiger partial charge is 0.462 e. The maximum atomic E-state index is 11.8. The van der Waals surface area contributed by atoms with E-state index in [4.69, 9.17) is 4.74 Å². The molecule has 1 rings (SSSR count). The van der Waals surface area contributed by atoms with Crippen molar-refractivity contribution in [2.24, 2.45) is 0 Å². The molecule has 0 aliphatic carbocycles. The Morgan fingerprint density at radius 3 is 2.61 bits per heavy atom. The van der Waals surface area contributed by atoms with Crippen molar-refractivity contribution in [3.05, 3.63) is 29.1 Å². The molecule has 0 radical (unpaired) electrons. The first-order chi connectivity index (χ1) is 8.63. The molecule has 0 N–H and O–H groups in total. The standard InChI is InChI=1S/C15H23NO2/c1-5-8-14-12(15(17)18-7-3)9-10-13(16-14)11(4)6-2/h9-11H,5-8H2,1-4H3. The van der Waals surface area contributed by atoms with E-state index in [0.29, 0.717) is 18.1 Å². The van der Waals surface area contributed by atoms with Gasteiger partial charge in [0.05, 0.1) is 17.9 Å². The molecule has 0 saturated heterocycles. The van der Waals surface area contributed by atoms with Gasteiger partial charge in [-0.15, -0.1) is 0 Å². The summed E-state index contributed by atoms with van der Waals surface area (Å²) in [4.78, 5) is 16.5. The minimum absolute atomic E-state index is 0.260. The summed E-state index contributed by atoms with van der Waals surface area (Å²) in [6, 6.07) is 3.80. The lowest BCUT2D eigenvalue weighted by atomic mass is 10.0. The Kier molecular flexibility index (Phi) is 5.83. The van der Waals surface area contributed by atoms with Crippen molar-refractivity contribution >= 4 is 5.97 Å². The van der Waals surface area contributed by atoms with E-state index in [2.05, 4.69) is 25.8 Å². The molecule has 0 amide bonds. The van der Waals surface area contributed by atoms with Crippen LogP contribution in [0.1, 0.15) is 68.2 Å². The molecule has 0 aromatic carbocycles. The van der Waals surface area contributed by atoms with Crippen molar-refractivity contribution in [3.63, 3.8) is 0 Å². The van der Waals surface area contributed by atoms with Crippen LogP contribution in [0.15, 0.2) is 12.1 Å². The topological polar surface area (TPSA) is 39.2 Å². The number of ether oxygens (including phenoxy) is 1. The third-order valence-electron chi connectivity index (χ3n) is 3.10. The van der Waals surface area contributed by atoms with Crippen LogP contribution in [0, 0.1) is 0 Å². The van der Waals surface area contributed by atoms with Gasteiger partial charge in [-0.2, -0.15) is 0 Å². The molecule has 100 valence electrons. The molecule has 0 fully saturated rings. The quantitative estimate of drug-likeness (QED) is 0.721. The monoisotopic (exact) mass is 249 g/mol. The lowest BCUT2D eigenvalue weighted by molar-refractivity contribution is 0.0524. The van der Waals surface area contributed by atoms with Crippen LogP contribution in [-0.4, -0.2) is 17.6 Å². The predicted octanol–water partition coefficient (Wildman–Crippen LogP) is 3.72. The maximum absolute atomic E-state index is 11.8. The van der Waals surface area contributed by atoms with Crippen LogP contribution in [0.4, 0.5) is 0 Å². The van der Waals surface area contributed by atoms with Crippen LogP contribution in [0.3, 0.4) is 0 Å². The summed E-state index contributed by atoms with van der Waals surface area (Å²) < 4.78 is 5.06. The van der Waals surface area contributed by atoms with Gasteiger partial charge >= 0.3 is 5.97 Å². The molecule has 0 spiro atoms. The Bertz CT molecular complexity index is 401. The lowest BCUT2D eigenvalue weighted by Gasteiger charge is -2.13. The van der Waals surface area contributed by atoms with Crippen molar-refractivity contribution in [1.29, 1.82) is 0 Å². The number of carbonyl (C=O) groups is 1. The van der Waals surface area contributed by atoms with Gasteiger partial charge in [-0.25, -0.2) is 4.79 Å². The van der Waals surface area contributed by atoms with E-state index in [0.717, 1.165) is 30.7 Å².